The lowest BCUT2D eigenvalue weighted by molar-refractivity contribution is -0.116. The molecular weight excluding hydrogens is 306 g/mol. The summed E-state index contributed by atoms with van der Waals surface area (Å²) < 4.78 is 10.5. The largest absolute Gasteiger partial charge is 0.461 e. The number of amides is 1. The minimum Gasteiger partial charge on any atom is -0.461 e. The number of hydrogen-bond donors (Lipinski definition) is 1. The lowest BCUT2D eigenvalue weighted by Crippen LogP contribution is -2.12. The Morgan fingerprint density at radius 2 is 2.08 bits per heavy atom. The lowest BCUT2D eigenvalue weighted by Gasteiger charge is -2.09. The van der Waals surface area contributed by atoms with E-state index in [0.29, 0.717) is 30.3 Å². The fourth-order valence-corrected chi connectivity index (χ4v) is 2.34. The first-order chi connectivity index (χ1) is 11.8. The van der Waals surface area contributed by atoms with Gasteiger partial charge in [-0.25, -0.2) is 0 Å². The van der Waals surface area contributed by atoms with Crippen LogP contribution in [0.4, 0.5) is 5.69 Å². The van der Waals surface area contributed by atoms with Crippen LogP contribution in [0, 0.1) is 0 Å². The first-order valence-corrected chi connectivity index (χ1v) is 8.00. The molecule has 24 heavy (non-hydrogen) atoms. The maximum Gasteiger partial charge on any atom is 0.238 e. The molecule has 0 radical (unpaired) electrons. The van der Waals surface area contributed by atoms with Gasteiger partial charge in [0.15, 0.2) is 5.76 Å². The molecule has 0 bridgehead atoms. The van der Waals surface area contributed by atoms with E-state index in [-0.39, 0.29) is 5.91 Å². The van der Waals surface area contributed by atoms with E-state index in [0.717, 1.165) is 24.1 Å². The van der Waals surface area contributed by atoms with Crippen LogP contribution in [-0.4, -0.2) is 16.0 Å². The Balaban J connectivity index is 1.72. The third-order valence-corrected chi connectivity index (χ3v) is 3.60. The number of nitrogens with zero attached hydrogens (tertiary/aromatic N) is 2. The zero-order valence-corrected chi connectivity index (χ0v) is 13.5. The number of aromatic nitrogens is 2. The summed E-state index contributed by atoms with van der Waals surface area (Å²) in [5, 5.41) is 6.87. The molecule has 6 nitrogen and oxygen atoms in total. The van der Waals surface area contributed by atoms with Gasteiger partial charge in [-0.3, -0.25) is 4.79 Å². The van der Waals surface area contributed by atoms with Gasteiger partial charge in [0.25, 0.3) is 0 Å². The molecule has 0 atom stereocenters. The first-order valence-electron chi connectivity index (χ1n) is 8.00. The minimum absolute atomic E-state index is 0.0195. The fraction of sp³-hybridized carbons (Fsp3) is 0.278. The highest BCUT2D eigenvalue weighted by Crippen LogP contribution is 2.21. The Hall–Kier alpha value is -2.89. The van der Waals surface area contributed by atoms with Crippen LogP contribution in [0.2, 0.25) is 0 Å². The van der Waals surface area contributed by atoms with Crippen molar-refractivity contribution in [1.82, 2.24) is 10.1 Å². The number of anilines is 1. The van der Waals surface area contributed by atoms with Gasteiger partial charge in [0.1, 0.15) is 0 Å². The van der Waals surface area contributed by atoms with Gasteiger partial charge in [-0.05, 0) is 30.2 Å². The summed E-state index contributed by atoms with van der Waals surface area (Å²) in [5.74, 6) is 1.47. The predicted molar refractivity (Wildman–Crippen MR) is 89.4 cm³/mol. The highest BCUT2D eigenvalue weighted by atomic mass is 16.5. The van der Waals surface area contributed by atoms with Gasteiger partial charge in [0.2, 0.25) is 17.6 Å². The summed E-state index contributed by atoms with van der Waals surface area (Å²) in [6.07, 6.45) is 4.40. The molecule has 1 N–H and O–H groups in total. The number of unbranched alkanes of at least 4 members (excludes halogenated alkanes) is 1. The Morgan fingerprint density at radius 1 is 1.21 bits per heavy atom. The van der Waals surface area contributed by atoms with Gasteiger partial charge in [-0.2, -0.15) is 4.98 Å². The number of benzene rings is 1. The number of hydrogen-bond acceptors (Lipinski definition) is 5. The molecule has 2 aromatic heterocycles. The Bertz CT molecular complexity index is 793. The van der Waals surface area contributed by atoms with Crippen molar-refractivity contribution in [3.05, 3.63) is 54.1 Å². The highest BCUT2D eigenvalue weighted by Gasteiger charge is 2.13. The normalized spacial score (nSPS) is 10.7. The van der Waals surface area contributed by atoms with Gasteiger partial charge in [0, 0.05) is 12.1 Å². The van der Waals surface area contributed by atoms with Crippen LogP contribution in [0.3, 0.4) is 0 Å². The quantitative estimate of drug-likeness (QED) is 0.708. The smallest absolute Gasteiger partial charge is 0.238 e. The molecule has 0 aliphatic carbocycles. The summed E-state index contributed by atoms with van der Waals surface area (Å²) >= 11 is 0. The van der Waals surface area contributed by atoms with E-state index in [9.17, 15) is 4.79 Å². The molecule has 6 heteroatoms. The van der Waals surface area contributed by atoms with Gasteiger partial charge >= 0.3 is 0 Å². The number of rotatable bonds is 7. The summed E-state index contributed by atoms with van der Waals surface area (Å²) in [7, 11) is 0. The third-order valence-electron chi connectivity index (χ3n) is 3.60. The van der Waals surface area contributed by atoms with Crippen LogP contribution in [0.5, 0.6) is 0 Å². The minimum atomic E-state index is 0.0195. The number of carbonyl (C=O) groups excluding carboxylic acids is 1. The van der Waals surface area contributed by atoms with Gasteiger partial charge in [-0.15, -0.1) is 0 Å². The standard InChI is InChI=1S/C18H19N3O3/c1-2-3-10-16(22)19-14-8-5-4-7-13(14)12-17-20-18(21-24-17)15-9-6-11-23-15/h4-9,11H,2-3,10,12H2,1H3,(H,19,22). The van der Waals surface area contributed by atoms with Crippen molar-refractivity contribution in [2.45, 2.75) is 32.6 Å². The van der Waals surface area contributed by atoms with E-state index in [1.54, 1.807) is 18.4 Å². The van der Waals surface area contributed by atoms with Crippen LogP contribution in [0.1, 0.15) is 37.6 Å². The molecule has 3 rings (SSSR count). The second kappa shape index (κ2) is 7.59. The summed E-state index contributed by atoms with van der Waals surface area (Å²) in [4.78, 5) is 16.3. The van der Waals surface area contributed by atoms with Crippen molar-refractivity contribution in [2.24, 2.45) is 0 Å². The molecule has 0 saturated heterocycles. The fourth-order valence-electron chi connectivity index (χ4n) is 2.34. The van der Waals surface area contributed by atoms with E-state index < -0.39 is 0 Å². The van der Waals surface area contributed by atoms with Crippen LogP contribution in [0.15, 0.2) is 51.6 Å². The summed E-state index contributed by atoms with van der Waals surface area (Å²) in [6, 6.07) is 11.2. The maximum atomic E-state index is 12.0. The molecule has 0 fully saturated rings. The van der Waals surface area contributed by atoms with Crippen molar-refractivity contribution >= 4 is 11.6 Å². The van der Waals surface area contributed by atoms with E-state index in [1.165, 1.54) is 0 Å². The Labute approximate surface area is 139 Å². The predicted octanol–water partition coefficient (Wildman–Crippen LogP) is 4.05. The SMILES string of the molecule is CCCCC(=O)Nc1ccccc1Cc1nc(-c2ccco2)no1. The summed E-state index contributed by atoms with van der Waals surface area (Å²) in [6.45, 7) is 2.06. The Morgan fingerprint density at radius 3 is 2.88 bits per heavy atom. The highest BCUT2D eigenvalue weighted by molar-refractivity contribution is 5.91. The molecule has 1 amide bonds. The molecule has 0 spiro atoms. The molecule has 2 heterocycles. The van der Waals surface area contributed by atoms with E-state index in [2.05, 4.69) is 22.4 Å². The van der Waals surface area contributed by atoms with E-state index in [4.69, 9.17) is 8.94 Å². The van der Waals surface area contributed by atoms with Crippen LogP contribution < -0.4 is 5.32 Å². The zero-order chi connectivity index (χ0) is 16.8. The molecule has 1 aromatic carbocycles. The van der Waals surface area contributed by atoms with Crippen molar-refractivity contribution in [2.75, 3.05) is 5.32 Å². The molecular formula is C18H19N3O3. The topological polar surface area (TPSA) is 81.2 Å². The van der Waals surface area contributed by atoms with Crippen LogP contribution >= 0.6 is 0 Å². The number of carbonyl (C=O) groups is 1. The lowest BCUT2D eigenvalue weighted by atomic mass is 10.1. The van der Waals surface area contributed by atoms with Gasteiger partial charge < -0.3 is 14.3 Å². The summed E-state index contributed by atoms with van der Waals surface area (Å²) in [5.41, 5.74) is 1.70. The van der Waals surface area contributed by atoms with Crippen molar-refractivity contribution < 1.29 is 13.7 Å². The van der Waals surface area contributed by atoms with Crippen molar-refractivity contribution in [1.29, 1.82) is 0 Å². The number of nitrogens with one attached hydrogen (secondary N) is 1. The Kier molecular flexibility index (Phi) is 5.05. The van der Waals surface area contributed by atoms with Gasteiger partial charge in [-0.1, -0.05) is 36.7 Å². The van der Waals surface area contributed by atoms with Crippen molar-refractivity contribution in [3.63, 3.8) is 0 Å². The molecule has 3 aromatic rings. The average Bonchev–Trinajstić information content (AvgIpc) is 3.26. The second-order valence-electron chi connectivity index (χ2n) is 5.47. The second-order valence-corrected chi connectivity index (χ2v) is 5.47. The van der Waals surface area contributed by atoms with Crippen molar-refractivity contribution in [3.8, 4) is 11.6 Å². The molecule has 0 aliphatic rings. The molecule has 124 valence electrons. The van der Waals surface area contributed by atoms with Crippen LogP contribution in [0.25, 0.3) is 11.6 Å². The van der Waals surface area contributed by atoms with Crippen LogP contribution in [-0.2, 0) is 11.2 Å². The average molecular weight is 325 g/mol. The van der Waals surface area contributed by atoms with Gasteiger partial charge in [0.05, 0.1) is 12.7 Å². The monoisotopic (exact) mass is 325 g/mol. The molecule has 0 unspecified atom stereocenters. The number of furan rings is 1. The van der Waals surface area contributed by atoms with E-state index >= 15 is 0 Å². The van der Waals surface area contributed by atoms with E-state index in [1.807, 2.05) is 24.3 Å². The maximum absolute atomic E-state index is 12.0. The first kappa shape index (κ1) is 16.0. The third kappa shape index (κ3) is 3.90. The number of para-hydroxylation sites is 1. The molecule has 0 aliphatic heterocycles. The molecule has 0 saturated carbocycles. The zero-order valence-electron chi connectivity index (χ0n) is 13.5.